The first-order valence-corrected chi connectivity index (χ1v) is 7.88. The van der Waals surface area contributed by atoms with Gasteiger partial charge in [0.2, 0.25) is 0 Å². The van der Waals surface area contributed by atoms with Crippen LogP contribution in [0.2, 0.25) is 0 Å². The van der Waals surface area contributed by atoms with E-state index in [2.05, 4.69) is 19.2 Å². The number of nitrogens with one attached hydrogen (secondary N) is 1. The fraction of sp³-hybridized carbons (Fsp3) is 0.571. The largest absolute Gasteiger partial charge is 0.313 e. The lowest BCUT2D eigenvalue weighted by Gasteiger charge is -2.23. The number of halogens is 2. The van der Waals surface area contributed by atoms with E-state index in [-0.39, 0.29) is 6.04 Å². The van der Waals surface area contributed by atoms with Gasteiger partial charge in [0.25, 0.3) is 0 Å². The predicted octanol–water partition coefficient (Wildman–Crippen LogP) is 3.10. The fourth-order valence-corrected chi connectivity index (χ4v) is 3.27. The quantitative estimate of drug-likeness (QED) is 0.835. The molecule has 0 aromatic heterocycles. The molecule has 1 aromatic carbocycles. The standard InChI is InChI=1S/C14H21F2NOS/c1-4-10(3)14(17-5-2)9-19(18)11-6-7-12(15)13(16)8-11/h6-8,10,14,17H,4-5,9H2,1-3H3. The third-order valence-electron chi connectivity index (χ3n) is 3.28. The summed E-state index contributed by atoms with van der Waals surface area (Å²) in [5, 5.41) is 3.30. The highest BCUT2D eigenvalue weighted by Gasteiger charge is 2.19. The molecule has 0 amide bonds. The number of hydrogen-bond acceptors (Lipinski definition) is 2. The summed E-state index contributed by atoms with van der Waals surface area (Å²) in [6.45, 7) is 6.96. The van der Waals surface area contributed by atoms with Crippen LogP contribution in [0.15, 0.2) is 23.1 Å². The van der Waals surface area contributed by atoms with Gasteiger partial charge in [-0.25, -0.2) is 8.78 Å². The fourth-order valence-electron chi connectivity index (χ4n) is 1.85. The normalized spacial score (nSPS) is 16.1. The zero-order valence-electron chi connectivity index (χ0n) is 11.6. The molecule has 0 aliphatic carbocycles. The molecule has 1 rings (SSSR count). The molecule has 0 saturated carbocycles. The molecule has 0 radical (unpaired) electrons. The summed E-state index contributed by atoms with van der Waals surface area (Å²) in [6.07, 6.45) is 0.979. The van der Waals surface area contributed by atoms with Gasteiger partial charge < -0.3 is 5.32 Å². The average molecular weight is 289 g/mol. The van der Waals surface area contributed by atoms with Gasteiger partial charge in [0.15, 0.2) is 11.6 Å². The molecule has 0 spiro atoms. The van der Waals surface area contributed by atoms with Gasteiger partial charge in [-0.15, -0.1) is 0 Å². The maximum atomic E-state index is 13.1. The van der Waals surface area contributed by atoms with Crippen molar-refractivity contribution >= 4 is 10.8 Å². The zero-order chi connectivity index (χ0) is 14.4. The van der Waals surface area contributed by atoms with Crippen LogP contribution in [0.1, 0.15) is 27.2 Å². The molecule has 0 heterocycles. The molecule has 1 N–H and O–H groups in total. The Morgan fingerprint density at radius 2 is 1.95 bits per heavy atom. The van der Waals surface area contributed by atoms with E-state index in [9.17, 15) is 13.0 Å². The Hall–Kier alpha value is -0.810. The van der Waals surface area contributed by atoms with Crippen molar-refractivity contribution in [1.82, 2.24) is 5.32 Å². The second-order valence-electron chi connectivity index (χ2n) is 4.64. The molecule has 5 heteroatoms. The lowest BCUT2D eigenvalue weighted by atomic mass is 10.0. The van der Waals surface area contributed by atoms with Crippen molar-refractivity contribution in [3.8, 4) is 0 Å². The van der Waals surface area contributed by atoms with Crippen LogP contribution in [-0.4, -0.2) is 22.5 Å². The highest BCUT2D eigenvalue weighted by Crippen LogP contribution is 2.16. The number of hydrogen-bond donors (Lipinski definition) is 1. The van der Waals surface area contributed by atoms with Crippen molar-refractivity contribution < 1.29 is 13.0 Å². The van der Waals surface area contributed by atoms with Crippen molar-refractivity contribution in [3.05, 3.63) is 29.8 Å². The highest BCUT2D eigenvalue weighted by atomic mass is 32.2. The number of rotatable bonds is 7. The monoisotopic (exact) mass is 289 g/mol. The predicted molar refractivity (Wildman–Crippen MR) is 74.6 cm³/mol. The molecule has 0 aliphatic heterocycles. The summed E-state index contributed by atoms with van der Waals surface area (Å²) >= 11 is 0. The highest BCUT2D eigenvalue weighted by molar-refractivity contribution is 7.85. The lowest BCUT2D eigenvalue weighted by Crippen LogP contribution is -2.39. The molecule has 3 unspecified atom stereocenters. The van der Waals surface area contributed by atoms with E-state index in [1.165, 1.54) is 6.07 Å². The van der Waals surface area contributed by atoms with Crippen LogP contribution in [0.5, 0.6) is 0 Å². The Bertz CT molecular complexity index is 439. The minimum atomic E-state index is -1.32. The first kappa shape index (κ1) is 16.2. The lowest BCUT2D eigenvalue weighted by molar-refractivity contribution is 0.401. The van der Waals surface area contributed by atoms with Crippen molar-refractivity contribution in [2.24, 2.45) is 5.92 Å². The van der Waals surface area contributed by atoms with Crippen molar-refractivity contribution in [1.29, 1.82) is 0 Å². The van der Waals surface area contributed by atoms with Gasteiger partial charge in [-0.1, -0.05) is 27.2 Å². The molecular formula is C14H21F2NOS. The second kappa shape index (κ2) is 7.70. The second-order valence-corrected chi connectivity index (χ2v) is 6.13. The zero-order valence-corrected chi connectivity index (χ0v) is 12.4. The molecule has 2 nitrogen and oxygen atoms in total. The Kier molecular flexibility index (Phi) is 6.58. The first-order valence-electron chi connectivity index (χ1n) is 6.56. The summed E-state index contributed by atoms with van der Waals surface area (Å²) in [5.41, 5.74) is 0. The summed E-state index contributed by atoms with van der Waals surface area (Å²) in [5.74, 6) is -1.07. The smallest absolute Gasteiger partial charge is 0.160 e. The van der Waals surface area contributed by atoms with Gasteiger partial charge in [-0.05, 0) is 30.7 Å². The average Bonchev–Trinajstić information content (AvgIpc) is 2.40. The van der Waals surface area contributed by atoms with Crippen LogP contribution < -0.4 is 5.32 Å². The maximum absolute atomic E-state index is 13.1. The third-order valence-corrected chi connectivity index (χ3v) is 4.72. The van der Waals surface area contributed by atoms with Crippen LogP contribution in [0.4, 0.5) is 8.78 Å². The van der Waals surface area contributed by atoms with Gasteiger partial charge in [-0.3, -0.25) is 4.21 Å². The van der Waals surface area contributed by atoms with Gasteiger partial charge in [0, 0.05) is 16.7 Å². The summed E-state index contributed by atoms with van der Waals surface area (Å²) in [7, 11) is -1.32. The molecular weight excluding hydrogens is 268 g/mol. The SMILES string of the molecule is CCNC(CS(=O)c1ccc(F)c(F)c1)C(C)CC. The van der Waals surface area contributed by atoms with E-state index >= 15 is 0 Å². The Morgan fingerprint density at radius 3 is 2.47 bits per heavy atom. The first-order chi connectivity index (χ1) is 8.99. The van der Waals surface area contributed by atoms with Crippen LogP contribution in [-0.2, 0) is 10.8 Å². The van der Waals surface area contributed by atoms with E-state index in [1.54, 1.807) is 0 Å². The topological polar surface area (TPSA) is 29.1 Å². The summed E-state index contributed by atoms with van der Waals surface area (Å²) in [4.78, 5) is 0.338. The van der Waals surface area contributed by atoms with E-state index in [4.69, 9.17) is 0 Å². The van der Waals surface area contributed by atoms with Crippen molar-refractivity contribution in [2.45, 2.75) is 38.1 Å². The molecule has 0 fully saturated rings. The molecule has 19 heavy (non-hydrogen) atoms. The van der Waals surface area contributed by atoms with E-state index < -0.39 is 22.4 Å². The van der Waals surface area contributed by atoms with Gasteiger partial charge in [0.1, 0.15) is 0 Å². The van der Waals surface area contributed by atoms with E-state index in [1.807, 2.05) is 6.92 Å². The van der Waals surface area contributed by atoms with Crippen LogP contribution >= 0.6 is 0 Å². The molecule has 0 bridgehead atoms. The molecule has 0 saturated heterocycles. The summed E-state index contributed by atoms with van der Waals surface area (Å²) in [6, 6.07) is 3.54. The Labute approximate surface area is 116 Å². The van der Waals surface area contributed by atoms with Crippen LogP contribution in [0.25, 0.3) is 0 Å². The van der Waals surface area contributed by atoms with Crippen LogP contribution in [0.3, 0.4) is 0 Å². The van der Waals surface area contributed by atoms with E-state index in [0.29, 0.717) is 16.6 Å². The summed E-state index contributed by atoms with van der Waals surface area (Å²) < 4.78 is 38.2. The van der Waals surface area contributed by atoms with Crippen molar-refractivity contribution in [3.63, 3.8) is 0 Å². The molecule has 3 atom stereocenters. The van der Waals surface area contributed by atoms with Gasteiger partial charge >= 0.3 is 0 Å². The van der Waals surface area contributed by atoms with E-state index in [0.717, 1.165) is 25.1 Å². The van der Waals surface area contributed by atoms with Gasteiger partial charge in [-0.2, -0.15) is 0 Å². The third kappa shape index (κ3) is 4.66. The van der Waals surface area contributed by atoms with Crippen molar-refractivity contribution in [2.75, 3.05) is 12.3 Å². The Balaban J connectivity index is 2.78. The number of benzene rings is 1. The maximum Gasteiger partial charge on any atom is 0.160 e. The minimum Gasteiger partial charge on any atom is -0.313 e. The molecule has 0 aliphatic rings. The minimum absolute atomic E-state index is 0.115. The molecule has 108 valence electrons. The van der Waals surface area contributed by atoms with Crippen LogP contribution in [0, 0.1) is 17.6 Å². The molecule has 1 aromatic rings. The van der Waals surface area contributed by atoms with Gasteiger partial charge in [0.05, 0.1) is 10.8 Å². The Morgan fingerprint density at radius 1 is 1.26 bits per heavy atom.